The van der Waals surface area contributed by atoms with Crippen LogP contribution in [0.4, 0.5) is 0 Å². The molecule has 2 nitrogen and oxygen atoms in total. The Morgan fingerprint density at radius 3 is 1.45 bits per heavy atom. The van der Waals surface area contributed by atoms with Crippen molar-refractivity contribution < 1.29 is 8.85 Å². The molecule has 0 aromatic heterocycles. The predicted molar refractivity (Wildman–Crippen MR) is 93.7 cm³/mol. The van der Waals surface area contributed by atoms with E-state index in [4.69, 9.17) is 8.85 Å². The monoisotopic (exact) mass is 310 g/mol. The highest BCUT2D eigenvalue weighted by Gasteiger charge is 2.04. The molecule has 1 aromatic carbocycles. The van der Waals surface area contributed by atoms with Crippen molar-refractivity contribution in [2.45, 2.75) is 65.6 Å². The van der Waals surface area contributed by atoms with Gasteiger partial charge in [-0.1, -0.05) is 51.0 Å². The van der Waals surface area contributed by atoms with Gasteiger partial charge >= 0.3 is 0 Å². The van der Waals surface area contributed by atoms with Crippen LogP contribution in [-0.4, -0.2) is 31.7 Å². The summed E-state index contributed by atoms with van der Waals surface area (Å²) in [6.07, 6.45) is 5.57. The zero-order chi connectivity index (χ0) is 14.8. The summed E-state index contributed by atoms with van der Waals surface area (Å²) in [6, 6.07) is 8.95. The molecule has 20 heavy (non-hydrogen) atoms. The standard InChI is InChI=1S/C16H30O2Si2/c1-5-7-13(3)17-19-15-9-11-16(12-10-15)20-18-14(4)8-6-2/h9-14H,5-8,19-20H2,1-4H3. The molecule has 0 radical (unpaired) electrons. The van der Waals surface area contributed by atoms with Crippen molar-refractivity contribution in [1.29, 1.82) is 0 Å². The number of hydrogen-bond acceptors (Lipinski definition) is 2. The maximum absolute atomic E-state index is 5.96. The Morgan fingerprint density at radius 1 is 0.800 bits per heavy atom. The molecule has 1 rings (SSSR count). The normalized spacial score (nSPS) is 15.4. The molecule has 0 fully saturated rings. The maximum atomic E-state index is 5.96. The third kappa shape index (κ3) is 7.38. The second-order valence-corrected chi connectivity index (χ2v) is 8.51. The molecule has 114 valence electrons. The van der Waals surface area contributed by atoms with Gasteiger partial charge in [0.25, 0.3) is 0 Å². The van der Waals surface area contributed by atoms with Gasteiger partial charge in [-0.15, -0.1) is 0 Å². The molecule has 0 heterocycles. The van der Waals surface area contributed by atoms with Crippen molar-refractivity contribution in [3.63, 3.8) is 0 Å². The molecule has 2 atom stereocenters. The minimum atomic E-state index is -0.558. The Labute approximate surface area is 129 Å². The van der Waals surface area contributed by atoms with E-state index in [1.165, 1.54) is 36.1 Å². The molecule has 0 spiro atoms. The second-order valence-electron chi connectivity index (χ2n) is 5.64. The van der Waals surface area contributed by atoms with Gasteiger partial charge in [-0.25, -0.2) is 0 Å². The molecule has 0 N–H and O–H groups in total. The zero-order valence-electron chi connectivity index (χ0n) is 13.5. The Hall–Kier alpha value is -0.426. The van der Waals surface area contributed by atoms with Crippen molar-refractivity contribution in [3.8, 4) is 0 Å². The molecule has 1 aromatic rings. The number of benzene rings is 1. The van der Waals surface area contributed by atoms with Crippen LogP contribution in [0, 0.1) is 0 Å². The lowest BCUT2D eigenvalue weighted by Crippen LogP contribution is -2.27. The molecular weight excluding hydrogens is 280 g/mol. The summed E-state index contributed by atoms with van der Waals surface area (Å²) in [5.74, 6) is 0. The largest absolute Gasteiger partial charge is 0.416 e. The van der Waals surface area contributed by atoms with Gasteiger partial charge in [0, 0.05) is 12.2 Å². The van der Waals surface area contributed by atoms with Gasteiger partial charge in [-0.2, -0.15) is 0 Å². The quantitative estimate of drug-likeness (QED) is 0.610. The molecule has 0 saturated heterocycles. The zero-order valence-corrected chi connectivity index (χ0v) is 16.4. The van der Waals surface area contributed by atoms with Crippen LogP contribution in [0.1, 0.15) is 53.4 Å². The first kappa shape index (κ1) is 17.6. The van der Waals surface area contributed by atoms with Crippen molar-refractivity contribution >= 4 is 29.9 Å². The summed E-state index contributed by atoms with van der Waals surface area (Å²) in [7, 11) is -1.12. The van der Waals surface area contributed by atoms with Crippen LogP contribution in [0.15, 0.2) is 24.3 Å². The number of rotatable bonds is 10. The molecule has 4 heteroatoms. The highest BCUT2D eigenvalue weighted by Crippen LogP contribution is 2.00. The average molecular weight is 311 g/mol. The maximum Gasteiger partial charge on any atom is 0.192 e. The van der Waals surface area contributed by atoms with Crippen molar-refractivity contribution in [1.82, 2.24) is 0 Å². The smallest absolute Gasteiger partial charge is 0.192 e. The van der Waals surface area contributed by atoms with Crippen LogP contribution in [0.25, 0.3) is 0 Å². The van der Waals surface area contributed by atoms with Gasteiger partial charge in [0.05, 0.1) is 0 Å². The van der Waals surface area contributed by atoms with E-state index in [-0.39, 0.29) is 0 Å². The Kier molecular flexibility index (Phi) is 9.10. The van der Waals surface area contributed by atoms with Gasteiger partial charge in [0.1, 0.15) is 0 Å². The van der Waals surface area contributed by atoms with Gasteiger partial charge in [0.2, 0.25) is 0 Å². The molecule has 0 aliphatic rings. The topological polar surface area (TPSA) is 18.5 Å². The molecule has 0 aliphatic carbocycles. The van der Waals surface area contributed by atoms with E-state index >= 15 is 0 Å². The van der Waals surface area contributed by atoms with Crippen molar-refractivity contribution in [3.05, 3.63) is 24.3 Å². The lowest BCUT2D eigenvalue weighted by molar-refractivity contribution is 0.224. The Bertz CT molecular complexity index is 319. The summed E-state index contributed by atoms with van der Waals surface area (Å²) in [5, 5.41) is 2.79. The van der Waals surface area contributed by atoms with E-state index in [0.29, 0.717) is 12.2 Å². The van der Waals surface area contributed by atoms with Gasteiger partial charge in [0.15, 0.2) is 19.5 Å². The van der Waals surface area contributed by atoms with E-state index in [1.807, 2.05) is 0 Å². The summed E-state index contributed by atoms with van der Waals surface area (Å²) in [6.45, 7) is 8.78. The lowest BCUT2D eigenvalue weighted by Gasteiger charge is -2.13. The van der Waals surface area contributed by atoms with Crippen LogP contribution < -0.4 is 10.4 Å². The summed E-state index contributed by atoms with van der Waals surface area (Å²) in [5.41, 5.74) is 0. The molecule has 2 unspecified atom stereocenters. The molecule has 0 bridgehead atoms. The van der Waals surface area contributed by atoms with Crippen LogP contribution in [0.5, 0.6) is 0 Å². The van der Waals surface area contributed by atoms with E-state index in [9.17, 15) is 0 Å². The fourth-order valence-corrected chi connectivity index (χ4v) is 4.33. The first-order chi connectivity index (χ1) is 9.65. The SMILES string of the molecule is CCCC(C)O[SiH2]c1ccc([SiH2]OC(C)CCC)cc1. The van der Waals surface area contributed by atoms with Crippen LogP contribution >= 0.6 is 0 Å². The average Bonchev–Trinajstić information content (AvgIpc) is 2.45. The van der Waals surface area contributed by atoms with Gasteiger partial charge < -0.3 is 8.85 Å². The minimum absolute atomic E-state index is 0.416. The predicted octanol–water partition coefficient (Wildman–Crippen LogP) is 1.52. The molecule has 0 saturated carbocycles. The van der Waals surface area contributed by atoms with Gasteiger partial charge in [-0.05, 0) is 37.1 Å². The highest BCUT2D eigenvalue weighted by atomic mass is 28.2. The Morgan fingerprint density at radius 2 is 1.15 bits per heavy atom. The van der Waals surface area contributed by atoms with E-state index in [2.05, 4.69) is 52.0 Å². The van der Waals surface area contributed by atoms with Crippen LogP contribution in [-0.2, 0) is 8.85 Å². The second kappa shape index (κ2) is 10.3. The summed E-state index contributed by atoms with van der Waals surface area (Å²) < 4.78 is 11.9. The van der Waals surface area contributed by atoms with E-state index in [0.717, 1.165) is 0 Å². The third-order valence-corrected chi connectivity index (χ3v) is 6.56. The van der Waals surface area contributed by atoms with Crippen molar-refractivity contribution in [2.75, 3.05) is 0 Å². The first-order valence-corrected chi connectivity index (χ1v) is 10.5. The first-order valence-electron chi connectivity index (χ1n) is 7.96. The summed E-state index contributed by atoms with van der Waals surface area (Å²) in [4.78, 5) is 0. The molecule has 0 aliphatic heterocycles. The number of hydrogen-bond donors (Lipinski definition) is 0. The lowest BCUT2D eigenvalue weighted by atomic mass is 10.2. The third-order valence-electron chi connectivity index (χ3n) is 3.48. The van der Waals surface area contributed by atoms with E-state index in [1.54, 1.807) is 0 Å². The van der Waals surface area contributed by atoms with E-state index < -0.39 is 19.5 Å². The highest BCUT2D eigenvalue weighted by molar-refractivity contribution is 6.49. The molecular formula is C16H30O2Si2. The fourth-order valence-electron chi connectivity index (χ4n) is 2.19. The Balaban J connectivity index is 2.32. The summed E-state index contributed by atoms with van der Waals surface area (Å²) >= 11 is 0. The fraction of sp³-hybridized carbons (Fsp3) is 0.625. The van der Waals surface area contributed by atoms with Crippen LogP contribution in [0.3, 0.4) is 0 Å². The minimum Gasteiger partial charge on any atom is -0.416 e. The van der Waals surface area contributed by atoms with Crippen molar-refractivity contribution in [2.24, 2.45) is 0 Å². The van der Waals surface area contributed by atoms with Gasteiger partial charge in [-0.3, -0.25) is 0 Å². The van der Waals surface area contributed by atoms with Crippen LogP contribution in [0.2, 0.25) is 0 Å². The molecule has 0 amide bonds.